The molecule has 3 aromatic heterocycles. The summed E-state index contributed by atoms with van der Waals surface area (Å²) in [6, 6.07) is 9.10. The first kappa shape index (κ1) is 24.2. The lowest BCUT2D eigenvalue weighted by atomic mass is 9.80. The van der Waals surface area contributed by atoms with Gasteiger partial charge in [0.05, 0.1) is 22.5 Å². The van der Waals surface area contributed by atoms with Crippen LogP contribution in [0.4, 0.5) is 17.3 Å². The number of rotatable bonds is 7. The molecule has 0 radical (unpaired) electrons. The molecule has 3 heterocycles. The van der Waals surface area contributed by atoms with E-state index in [-0.39, 0.29) is 18.0 Å². The molecule has 3 aromatic rings. The number of amides is 1. The number of nitrogens with one attached hydrogen (secondary N) is 3. The van der Waals surface area contributed by atoms with Gasteiger partial charge in [-0.15, -0.1) is 0 Å². The van der Waals surface area contributed by atoms with Gasteiger partial charge in [-0.3, -0.25) is 9.48 Å². The maximum atomic E-state index is 13.2. The van der Waals surface area contributed by atoms with Gasteiger partial charge in [0.25, 0.3) is 5.91 Å². The minimum Gasteiger partial charge on any atom is -0.384 e. The third-order valence-corrected chi connectivity index (χ3v) is 6.19. The van der Waals surface area contributed by atoms with Crippen molar-refractivity contribution >= 4 is 23.2 Å². The molecule has 10 nitrogen and oxygen atoms in total. The Morgan fingerprint density at radius 1 is 1.20 bits per heavy atom. The maximum Gasteiger partial charge on any atom is 0.255 e. The summed E-state index contributed by atoms with van der Waals surface area (Å²) >= 11 is 0. The summed E-state index contributed by atoms with van der Waals surface area (Å²) in [5.41, 5.74) is 1.45. The van der Waals surface area contributed by atoms with E-state index in [9.17, 15) is 9.90 Å². The summed E-state index contributed by atoms with van der Waals surface area (Å²) in [5, 5.41) is 33.7. The van der Waals surface area contributed by atoms with Crippen molar-refractivity contribution in [2.75, 3.05) is 10.6 Å². The molecule has 1 amide bonds. The van der Waals surface area contributed by atoms with E-state index in [0.717, 1.165) is 5.69 Å². The minimum atomic E-state index is -0.925. The molecule has 0 spiro atoms. The van der Waals surface area contributed by atoms with Gasteiger partial charge in [0, 0.05) is 43.8 Å². The molecular formula is C25H30N8O2. The Morgan fingerprint density at radius 2 is 1.94 bits per heavy atom. The van der Waals surface area contributed by atoms with E-state index < -0.39 is 5.60 Å². The van der Waals surface area contributed by atoms with E-state index in [0.29, 0.717) is 54.1 Å². The number of pyridine rings is 2. The number of nitriles is 1. The number of hydrogen-bond donors (Lipinski definition) is 4. The van der Waals surface area contributed by atoms with Gasteiger partial charge in [0.2, 0.25) is 0 Å². The molecular weight excluding hydrogens is 444 g/mol. The highest BCUT2D eigenvalue weighted by Gasteiger charge is 2.37. The van der Waals surface area contributed by atoms with Crippen LogP contribution in [0.1, 0.15) is 61.1 Å². The summed E-state index contributed by atoms with van der Waals surface area (Å²) in [6.45, 7) is 4.00. The van der Waals surface area contributed by atoms with Crippen LogP contribution in [0, 0.1) is 11.3 Å². The van der Waals surface area contributed by atoms with E-state index in [1.165, 1.54) is 6.20 Å². The van der Waals surface area contributed by atoms with Gasteiger partial charge in [0.1, 0.15) is 23.3 Å². The zero-order valence-corrected chi connectivity index (χ0v) is 20.1. The number of anilines is 3. The van der Waals surface area contributed by atoms with Crippen LogP contribution in [0.15, 0.2) is 42.9 Å². The molecule has 0 aromatic carbocycles. The zero-order chi connectivity index (χ0) is 25.0. The zero-order valence-electron chi connectivity index (χ0n) is 20.1. The molecule has 1 saturated carbocycles. The fourth-order valence-electron chi connectivity index (χ4n) is 4.39. The standard InChI is InChI=1S/C25H30N8O2/c1-16(2)30-20-12-23(32-22-5-4-17(13-26)14-27-22)28-15-19(20)24(34)31-18-6-9-25(35,10-7-18)21-8-11-29-33(21)3/h4-5,8,11-12,14-16,18,35H,6-7,9-10H2,1-3H3,(H,31,34)(H2,27,28,30,32)/t18-,25+. The van der Waals surface area contributed by atoms with Crippen molar-refractivity contribution in [1.82, 2.24) is 25.1 Å². The predicted molar refractivity (Wildman–Crippen MR) is 132 cm³/mol. The monoisotopic (exact) mass is 474 g/mol. The van der Waals surface area contributed by atoms with Crippen LogP contribution in [0.2, 0.25) is 0 Å². The van der Waals surface area contributed by atoms with Gasteiger partial charge in [-0.05, 0) is 57.7 Å². The normalized spacial score (nSPS) is 19.7. The van der Waals surface area contributed by atoms with E-state index >= 15 is 0 Å². The first-order valence-electron chi connectivity index (χ1n) is 11.7. The van der Waals surface area contributed by atoms with Crippen molar-refractivity contribution in [1.29, 1.82) is 5.26 Å². The molecule has 0 saturated heterocycles. The van der Waals surface area contributed by atoms with E-state index in [2.05, 4.69) is 31.0 Å². The van der Waals surface area contributed by atoms with Crippen molar-refractivity contribution < 1.29 is 9.90 Å². The van der Waals surface area contributed by atoms with Crippen LogP contribution in [0.3, 0.4) is 0 Å². The lowest BCUT2D eigenvalue weighted by molar-refractivity contribution is -0.0149. The van der Waals surface area contributed by atoms with Gasteiger partial charge in [-0.1, -0.05) is 0 Å². The number of aryl methyl sites for hydroxylation is 1. The Hall–Kier alpha value is -3.97. The largest absolute Gasteiger partial charge is 0.384 e. The van der Waals surface area contributed by atoms with Crippen LogP contribution in [0.25, 0.3) is 0 Å². The molecule has 35 heavy (non-hydrogen) atoms. The lowest BCUT2D eigenvalue weighted by Crippen LogP contribution is -2.43. The molecule has 1 aliphatic rings. The second-order valence-corrected chi connectivity index (χ2v) is 9.20. The van der Waals surface area contributed by atoms with Crippen molar-refractivity contribution in [2.24, 2.45) is 7.05 Å². The van der Waals surface area contributed by atoms with Gasteiger partial charge in [0.15, 0.2) is 0 Å². The summed E-state index contributed by atoms with van der Waals surface area (Å²) in [5.74, 6) is 0.868. The van der Waals surface area contributed by atoms with Gasteiger partial charge < -0.3 is 21.1 Å². The number of nitrogens with zero attached hydrogens (tertiary/aromatic N) is 5. The number of hydrogen-bond acceptors (Lipinski definition) is 8. The van der Waals surface area contributed by atoms with E-state index in [1.807, 2.05) is 33.0 Å². The second kappa shape index (κ2) is 10.1. The third-order valence-electron chi connectivity index (χ3n) is 6.19. The number of carbonyl (C=O) groups is 1. The van der Waals surface area contributed by atoms with Crippen LogP contribution in [-0.2, 0) is 12.6 Å². The first-order valence-corrected chi connectivity index (χ1v) is 11.7. The van der Waals surface area contributed by atoms with Crippen molar-refractivity contribution in [3.8, 4) is 6.07 Å². The molecule has 0 aliphatic heterocycles. The summed E-state index contributed by atoms with van der Waals surface area (Å²) in [7, 11) is 1.83. The van der Waals surface area contributed by atoms with Crippen LogP contribution >= 0.6 is 0 Å². The topological polar surface area (TPSA) is 141 Å². The highest BCUT2D eigenvalue weighted by Crippen LogP contribution is 2.37. The Kier molecular flexibility index (Phi) is 6.98. The van der Waals surface area contributed by atoms with Crippen LogP contribution in [0.5, 0.6) is 0 Å². The highest BCUT2D eigenvalue weighted by atomic mass is 16.3. The average Bonchev–Trinajstić information content (AvgIpc) is 3.28. The van der Waals surface area contributed by atoms with Crippen molar-refractivity contribution in [2.45, 2.75) is 57.2 Å². The highest BCUT2D eigenvalue weighted by molar-refractivity contribution is 6.00. The van der Waals surface area contributed by atoms with Crippen molar-refractivity contribution in [3.05, 3.63) is 59.7 Å². The SMILES string of the molecule is CC(C)Nc1cc(Nc2ccc(C#N)cn2)ncc1C(=O)N[C@H]1CC[C@](O)(c2ccnn2C)CC1. The third kappa shape index (κ3) is 5.58. The maximum absolute atomic E-state index is 13.2. The molecule has 4 N–H and O–H groups in total. The first-order chi connectivity index (χ1) is 16.8. The quantitative estimate of drug-likeness (QED) is 0.409. The van der Waals surface area contributed by atoms with Crippen LogP contribution in [-0.4, -0.2) is 42.8 Å². The molecule has 10 heteroatoms. The Balaban J connectivity index is 1.44. The fraction of sp³-hybridized carbons (Fsp3) is 0.400. The number of aromatic nitrogens is 4. The average molecular weight is 475 g/mol. The second-order valence-electron chi connectivity index (χ2n) is 9.20. The molecule has 182 valence electrons. The summed E-state index contributed by atoms with van der Waals surface area (Å²) < 4.78 is 1.71. The number of aliphatic hydroxyl groups is 1. The molecule has 0 bridgehead atoms. The van der Waals surface area contributed by atoms with Gasteiger partial charge in [-0.25, -0.2) is 9.97 Å². The smallest absolute Gasteiger partial charge is 0.255 e. The molecule has 0 atom stereocenters. The summed E-state index contributed by atoms with van der Waals surface area (Å²) in [6.07, 6.45) is 7.14. The van der Waals surface area contributed by atoms with E-state index in [1.54, 1.807) is 35.3 Å². The van der Waals surface area contributed by atoms with E-state index in [4.69, 9.17) is 5.26 Å². The molecule has 4 rings (SSSR count). The lowest BCUT2D eigenvalue weighted by Gasteiger charge is -2.36. The van der Waals surface area contributed by atoms with Crippen molar-refractivity contribution in [3.63, 3.8) is 0 Å². The molecule has 1 fully saturated rings. The predicted octanol–water partition coefficient (Wildman–Crippen LogP) is 3.21. The summed E-state index contributed by atoms with van der Waals surface area (Å²) in [4.78, 5) is 21.8. The number of carbonyl (C=O) groups excluding carboxylic acids is 1. The minimum absolute atomic E-state index is 0.0384. The Bertz CT molecular complexity index is 1220. The van der Waals surface area contributed by atoms with Crippen LogP contribution < -0.4 is 16.0 Å². The Morgan fingerprint density at radius 3 is 2.54 bits per heavy atom. The van der Waals surface area contributed by atoms with Gasteiger partial charge >= 0.3 is 0 Å². The fourth-order valence-corrected chi connectivity index (χ4v) is 4.39. The Labute approximate surface area is 204 Å². The van der Waals surface area contributed by atoms with Gasteiger partial charge in [-0.2, -0.15) is 10.4 Å². The molecule has 0 unspecified atom stereocenters. The molecule has 1 aliphatic carbocycles.